The molecule has 5 aliphatic rings. The van der Waals surface area contributed by atoms with E-state index in [1.54, 1.807) is 38.1 Å². The standard InChI is InChI=1S/C22H21NO9P2.C19H21NO10P2.C18H19Cl2NO10P2.C15H15F2NO8P2/c24-20(13-16-5-2-1-3-6-16)30-19-10-8-18(9-11-19)21-31-33(26,27)22(25,34(28,29)32-21)14-17-7-4-12-23-15-17;21-18(27-14-6-3-7-14)28-16-9-2-1-8-15(16)17-29-31(23,24)19(22,32(25,26)30-17)11-13-5-4-10-20-12-13;1-10(2)28-17(22)29-12-6-13(19)15(14(20)7-12)16-30-32(24,25)18(23,33(26,27)31-16)8-11-4-3-5-21-9-11;1-24-11-5-4-10(16)12(13(11)17)14-25-27(20,21)15(19,28(22,23)26-14)7-9-3-2-6-18-8-9/h1-12,15,21,25H,13-14H2,(H,26,27)(H,28,29);1-2,4-5,8-10,12,14,17,22H,3,6-7,11H2,(H,23,24)(H,25,26);3-7,9-10,16,23H,8H2,1-2H3,(H,24,25)(H,26,27);2-6,8,14,19H,7H2,1H3,(H,20,21)(H,22,23). The first-order valence-electron chi connectivity index (χ1n) is 36.8. The summed E-state index contributed by atoms with van der Waals surface area (Å²) < 4.78 is 201. The monoisotopic (exact) mass is 1970 g/mol. The van der Waals surface area contributed by atoms with Gasteiger partial charge in [-0.15, -0.1) is 0 Å². The van der Waals surface area contributed by atoms with Crippen LogP contribution in [0.4, 0.5) is 18.4 Å². The summed E-state index contributed by atoms with van der Waals surface area (Å²) >= 11 is 12.3. The number of hydrogen-bond donors (Lipinski definition) is 12. The Morgan fingerprint density at radius 2 is 0.819 bits per heavy atom. The molecular formula is C74H76Cl2F2N4O37P8. The Kier molecular flexibility index (Phi) is 31.3. The molecule has 0 amide bonds. The fourth-order valence-electron chi connectivity index (χ4n) is 12.0. The molecule has 0 bridgehead atoms. The number of carbonyl (C=O) groups is 3. The molecule has 9 aromatic rings. The van der Waals surface area contributed by atoms with Gasteiger partial charge in [0.05, 0.1) is 40.8 Å². The zero-order chi connectivity index (χ0) is 92.7. The van der Waals surface area contributed by atoms with E-state index in [9.17, 15) is 119 Å². The van der Waals surface area contributed by atoms with E-state index in [0.717, 1.165) is 56.2 Å². The Morgan fingerprint density at radius 3 is 1.20 bits per heavy atom. The molecule has 8 unspecified atom stereocenters. The van der Waals surface area contributed by atoms with Crippen molar-refractivity contribution in [3.05, 3.63) is 273 Å². The van der Waals surface area contributed by atoms with E-state index >= 15 is 0 Å². The largest absolute Gasteiger partial charge is 0.514 e. The minimum Gasteiger partial charge on any atom is -0.494 e. The van der Waals surface area contributed by atoms with Gasteiger partial charge in [-0.3, -0.25) is 97.4 Å². The third kappa shape index (κ3) is 22.4. The number of carbonyl (C=O) groups excluding carboxylic acids is 3. The number of benzene rings is 5. The van der Waals surface area contributed by atoms with Gasteiger partial charge in [0.1, 0.15) is 29.2 Å². The van der Waals surface area contributed by atoms with Crippen molar-refractivity contribution in [3.63, 3.8) is 0 Å². The van der Waals surface area contributed by atoms with Crippen LogP contribution in [0.15, 0.2) is 201 Å². The van der Waals surface area contributed by atoms with Crippen molar-refractivity contribution in [1.29, 1.82) is 0 Å². The Balaban J connectivity index is 0.000000165. The van der Waals surface area contributed by atoms with Gasteiger partial charge in [0.2, 0.25) is 25.2 Å². The average Bonchev–Trinajstić information content (AvgIpc) is 0.735. The van der Waals surface area contributed by atoms with Gasteiger partial charge in [-0.05, 0) is 116 Å². The van der Waals surface area contributed by atoms with E-state index in [1.807, 2.05) is 6.07 Å². The van der Waals surface area contributed by atoms with Crippen LogP contribution in [0, 0.1) is 11.6 Å². The highest BCUT2D eigenvalue weighted by Crippen LogP contribution is 2.83. The molecule has 4 aliphatic heterocycles. The highest BCUT2D eigenvalue weighted by atomic mass is 35.5. The van der Waals surface area contributed by atoms with Crippen LogP contribution in [0.25, 0.3) is 0 Å². The van der Waals surface area contributed by atoms with Crippen molar-refractivity contribution in [3.8, 4) is 23.0 Å². The van der Waals surface area contributed by atoms with Crippen molar-refractivity contribution in [2.75, 3.05) is 7.11 Å². The van der Waals surface area contributed by atoms with E-state index in [-0.39, 0.29) is 78.8 Å². The summed E-state index contributed by atoms with van der Waals surface area (Å²) in [6, 6.07) is 35.6. The van der Waals surface area contributed by atoms with Gasteiger partial charge >= 0.3 is 79.0 Å². The fraction of sp³-hybridized carbons (Fsp3) is 0.284. The van der Waals surface area contributed by atoms with Gasteiger partial charge in [-0.1, -0.05) is 108 Å². The zero-order valence-electron chi connectivity index (χ0n) is 65.6. The third-order valence-electron chi connectivity index (χ3n) is 18.8. The Labute approximate surface area is 728 Å². The van der Waals surface area contributed by atoms with Crippen LogP contribution in [0.1, 0.15) is 108 Å². The number of ether oxygens (including phenoxy) is 6. The molecule has 682 valence electrons. The highest BCUT2D eigenvalue weighted by molar-refractivity contribution is 7.75. The molecule has 8 heterocycles. The van der Waals surface area contributed by atoms with Crippen LogP contribution in [-0.2, 0) is 119 Å². The van der Waals surface area contributed by atoms with Crippen molar-refractivity contribution in [2.45, 2.75) is 123 Å². The van der Waals surface area contributed by atoms with Gasteiger partial charge in [0.25, 0.3) is 20.3 Å². The molecule has 5 fully saturated rings. The van der Waals surface area contributed by atoms with E-state index < -0.39 is 179 Å². The van der Waals surface area contributed by atoms with Crippen LogP contribution in [0.2, 0.25) is 10.0 Å². The molecule has 1 saturated carbocycles. The molecule has 14 rings (SSSR count). The smallest absolute Gasteiger partial charge is 0.494 e. The number of para-hydroxylation sites is 1. The molecule has 127 heavy (non-hydrogen) atoms. The van der Waals surface area contributed by atoms with Crippen molar-refractivity contribution < 1.29 is 184 Å². The summed E-state index contributed by atoms with van der Waals surface area (Å²) in [5, 5.41) is 29.6. The minimum atomic E-state index is -5.36. The highest BCUT2D eigenvalue weighted by Gasteiger charge is 2.71. The second-order valence-corrected chi connectivity index (χ2v) is 46.3. The zero-order valence-corrected chi connectivity index (χ0v) is 74.3. The number of nitrogens with zero attached hydrogens (tertiary/aromatic N) is 4. The molecule has 8 atom stereocenters. The Morgan fingerprint density at radius 1 is 0.441 bits per heavy atom. The van der Waals surface area contributed by atoms with Crippen LogP contribution in [0.3, 0.4) is 0 Å². The molecule has 4 saturated heterocycles. The predicted octanol–water partition coefficient (Wildman–Crippen LogP) is 14.3. The lowest BCUT2D eigenvalue weighted by Crippen LogP contribution is -2.38. The molecule has 0 radical (unpaired) electrons. The summed E-state index contributed by atoms with van der Waals surface area (Å²) in [4.78, 5) is 134. The van der Waals surface area contributed by atoms with E-state index in [1.165, 1.54) is 147 Å². The number of aromatic nitrogens is 4. The van der Waals surface area contributed by atoms with Crippen LogP contribution >= 0.6 is 84.0 Å². The molecule has 41 nitrogen and oxygen atoms in total. The second-order valence-electron chi connectivity index (χ2n) is 28.1. The summed E-state index contributed by atoms with van der Waals surface area (Å²) in [7, 11) is -40.6. The molecule has 5 aromatic carbocycles. The fourth-order valence-corrected chi connectivity index (χ4v) is 26.9. The van der Waals surface area contributed by atoms with Crippen molar-refractivity contribution in [2.24, 2.45) is 0 Å². The lowest BCUT2D eigenvalue weighted by molar-refractivity contribution is -0.133. The number of esters is 1. The van der Waals surface area contributed by atoms with Gasteiger partial charge in [0.15, 0.2) is 11.6 Å². The first-order chi connectivity index (χ1) is 59.5. The average molecular weight is 1970 g/mol. The van der Waals surface area contributed by atoms with E-state index in [2.05, 4.69) is 24.7 Å². The molecular weight excluding hydrogens is 1890 g/mol. The van der Waals surface area contributed by atoms with Crippen LogP contribution < -0.4 is 18.9 Å². The number of methoxy groups -OCH3 is 1. The number of halogens is 4. The lowest BCUT2D eigenvalue weighted by atomic mass is 9.96. The van der Waals surface area contributed by atoms with Crippen LogP contribution in [-0.4, -0.2) is 137 Å². The van der Waals surface area contributed by atoms with Gasteiger partial charge < -0.3 is 88.0 Å². The molecule has 0 spiro atoms. The second kappa shape index (κ2) is 40.0. The Bertz CT molecular complexity index is 5780. The number of pyridine rings is 4. The maximum absolute atomic E-state index is 14.4. The van der Waals surface area contributed by atoms with Crippen LogP contribution in [0.5, 0.6) is 23.0 Å². The SMILES string of the molecule is CC(C)OC(=O)Oc1cc(Cl)c(C2OP(=O)(O)C(O)(Cc3cccnc3)P(=O)(O)O2)c(Cl)c1.COc1ccc(F)c(C2OP(=O)(O)C(O)(Cc3cccnc3)P(=O)(O)O2)c1F.O=C(Cc1ccccc1)Oc1ccc(C2OP(=O)(O)C(O)(Cc3cccnc3)P(=O)(O)O2)cc1.O=C(Oc1ccccc1C1OP(=O)(O)C(O)(Cc2cccnc2)P(=O)(O)O1)OC1CCC1. The summed E-state index contributed by atoms with van der Waals surface area (Å²) in [5.41, 5.74) is 0.191. The van der Waals surface area contributed by atoms with Crippen molar-refractivity contribution >= 4 is 102 Å². The lowest BCUT2D eigenvalue weighted by Gasteiger charge is -2.41. The molecule has 12 N–H and O–H groups in total. The maximum Gasteiger partial charge on any atom is 0.514 e. The molecule has 4 aromatic heterocycles. The van der Waals surface area contributed by atoms with Gasteiger partial charge in [-0.2, -0.15) is 0 Å². The Hall–Kier alpha value is -8.01. The maximum atomic E-state index is 14.4. The normalized spacial score (nSPS) is 30.9. The third-order valence-corrected chi connectivity index (χ3v) is 37.8. The molecule has 1 aliphatic carbocycles. The summed E-state index contributed by atoms with van der Waals surface area (Å²) in [6.45, 7) is 3.22. The van der Waals surface area contributed by atoms with Gasteiger partial charge in [0, 0.05) is 98.5 Å². The predicted molar refractivity (Wildman–Crippen MR) is 435 cm³/mol. The quantitative estimate of drug-likeness (QED) is 0.0146. The van der Waals surface area contributed by atoms with Crippen molar-refractivity contribution in [1.82, 2.24) is 19.9 Å². The number of aliphatic hydroxyl groups is 4. The minimum absolute atomic E-state index is 0.0638. The van der Waals surface area contributed by atoms with E-state index in [0.29, 0.717) is 0 Å². The topological polar surface area (TPSA) is 611 Å². The number of hydrogen-bond acceptors (Lipinski definition) is 33. The number of rotatable bonds is 20. The van der Waals surface area contributed by atoms with Gasteiger partial charge in [-0.25, -0.2) is 18.4 Å². The first kappa shape index (κ1) is 99.6. The van der Waals surface area contributed by atoms with E-state index in [4.69, 9.17) is 83.1 Å². The first-order valence-corrected chi connectivity index (χ1v) is 50.1. The molecule has 53 heteroatoms. The summed E-state index contributed by atoms with van der Waals surface area (Å²) in [5.74, 6) is -3.69. The summed E-state index contributed by atoms with van der Waals surface area (Å²) in [6.07, 6.45) is -0.602.